The fraction of sp³-hybridized carbons (Fsp3) is 0. The molecule has 0 spiro atoms. The van der Waals surface area contributed by atoms with Gasteiger partial charge in [-0.2, -0.15) is 0 Å². The Kier molecular flexibility index (Phi) is 2.67. The topological polar surface area (TPSA) is 26.0 Å². The van der Waals surface area contributed by atoms with Crippen molar-refractivity contribution in [3.8, 4) is 11.1 Å². The molecule has 0 atom stereocenters. The smallest absolute Gasteiger partial charge is 0.131 e. The third kappa shape index (κ3) is 1.93. The van der Waals surface area contributed by atoms with Crippen molar-refractivity contribution < 1.29 is 8.78 Å². The zero-order valence-corrected chi connectivity index (χ0v) is 10.0. The van der Waals surface area contributed by atoms with Crippen LogP contribution in [0.5, 0.6) is 0 Å². The number of hydrogen-bond acceptors (Lipinski definition) is 1. The van der Waals surface area contributed by atoms with Crippen LogP contribution < -0.4 is 5.73 Å². The van der Waals surface area contributed by atoms with E-state index in [1.54, 1.807) is 24.3 Å². The first-order valence-electron chi connectivity index (χ1n) is 5.89. The van der Waals surface area contributed by atoms with Gasteiger partial charge in [0.05, 0.1) is 0 Å². The summed E-state index contributed by atoms with van der Waals surface area (Å²) in [6.45, 7) is 0. The highest BCUT2D eigenvalue weighted by Gasteiger charge is 2.10. The summed E-state index contributed by atoms with van der Waals surface area (Å²) in [5.41, 5.74) is 7.67. The molecule has 0 aliphatic rings. The molecule has 3 rings (SSSR count). The molecule has 3 aromatic rings. The lowest BCUT2D eigenvalue weighted by molar-refractivity contribution is 0.628. The summed E-state index contributed by atoms with van der Waals surface area (Å²) in [7, 11) is 0. The van der Waals surface area contributed by atoms with Crippen LogP contribution in [0.1, 0.15) is 0 Å². The predicted octanol–water partition coefficient (Wildman–Crippen LogP) is 4.37. The van der Waals surface area contributed by atoms with Crippen molar-refractivity contribution in [1.29, 1.82) is 0 Å². The number of halogens is 2. The van der Waals surface area contributed by atoms with Crippen molar-refractivity contribution in [2.75, 3.05) is 5.73 Å². The van der Waals surface area contributed by atoms with Gasteiger partial charge in [0.15, 0.2) is 0 Å². The molecule has 3 heteroatoms. The maximum atomic E-state index is 13.8. The first-order valence-corrected chi connectivity index (χ1v) is 5.89. The molecule has 0 fully saturated rings. The van der Waals surface area contributed by atoms with Gasteiger partial charge >= 0.3 is 0 Å². The number of nitrogens with two attached hydrogens (primary N) is 1. The van der Waals surface area contributed by atoms with Crippen LogP contribution in [0.2, 0.25) is 0 Å². The summed E-state index contributed by atoms with van der Waals surface area (Å²) in [5.74, 6) is -0.660. The molecule has 0 unspecified atom stereocenters. The molecule has 0 aromatic heterocycles. The van der Waals surface area contributed by atoms with Crippen molar-refractivity contribution in [2.24, 2.45) is 0 Å². The molecular weight excluding hydrogens is 244 g/mol. The largest absolute Gasteiger partial charge is 0.398 e. The van der Waals surface area contributed by atoms with E-state index in [9.17, 15) is 8.78 Å². The van der Waals surface area contributed by atoms with Gasteiger partial charge in [0.25, 0.3) is 0 Å². The summed E-state index contributed by atoms with van der Waals surface area (Å²) in [6.07, 6.45) is 0. The average Bonchev–Trinajstić information content (AvgIpc) is 2.43. The molecule has 94 valence electrons. The number of anilines is 1. The Bertz CT molecular complexity index is 766. The van der Waals surface area contributed by atoms with Crippen molar-refractivity contribution in [3.05, 3.63) is 66.2 Å². The second-order valence-corrected chi connectivity index (χ2v) is 4.37. The molecule has 19 heavy (non-hydrogen) atoms. The molecule has 3 aromatic carbocycles. The Morgan fingerprint density at radius 1 is 0.737 bits per heavy atom. The van der Waals surface area contributed by atoms with Crippen LogP contribution in [0, 0.1) is 11.6 Å². The zero-order valence-electron chi connectivity index (χ0n) is 10.0. The van der Waals surface area contributed by atoms with Crippen LogP contribution in [0.4, 0.5) is 14.5 Å². The molecule has 0 amide bonds. The predicted molar refractivity (Wildman–Crippen MR) is 73.7 cm³/mol. The summed E-state index contributed by atoms with van der Waals surface area (Å²) in [4.78, 5) is 0. The molecule has 0 aliphatic carbocycles. The highest BCUT2D eigenvalue weighted by atomic mass is 19.1. The van der Waals surface area contributed by atoms with E-state index in [0.717, 1.165) is 10.9 Å². The second kappa shape index (κ2) is 4.35. The fourth-order valence-electron chi connectivity index (χ4n) is 2.26. The van der Waals surface area contributed by atoms with Crippen molar-refractivity contribution >= 4 is 16.5 Å². The second-order valence-electron chi connectivity index (χ2n) is 4.37. The van der Waals surface area contributed by atoms with E-state index in [0.29, 0.717) is 16.6 Å². The lowest BCUT2D eigenvalue weighted by Crippen LogP contribution is -1.92. The normalized spacial score (nSPS) is 10.8. The Morgan fingerprint density at radius 3 is 2.26 bits per heavy atom. The Morgan fingerprint density at radius 2 is 1.47 bits per heavy atom. The van der Waals surface area contributed by atoms with Crippen LogP contribution in [-0.2, 0) is 0 Å². The lowest BCUT2D eigenvalue weighted by atomic mass is 9.97. The molecule has 2 N–H and O–H groups in total. The Labute approximate surface area is 109 Å². The van der Waals surface area contributed by atoms with Gasteiger partial charge in [-0.3, -0.25) is 0 Å². The zero-order chi connectivity index (χ0) is 13.4. The van der Waals surface area contributed by atoms with Gasteiger partial charge in [-0.15, -0.1) is 0 Å². The van der Waals surface area contributed by atoms with Gasteiger partial charge in [-0.25, -0.2) is 8.78 Å². The maximum absolute atomic E-state index is 13.8. The molecule has 0 saturated heterocycles. The van der Waals surface area contributed by atoms with E-state index in [2.05, 4.69) is 0 Å². The van der Waals surface area contributed by atoms with Gasteiger partial charge in [-0.05, 0) is 35.2 Å². The number of rotatable bonds is 1. The van der Waals surface area contributed by atoms with Gasteiger partial charge in [0, 0.05) is 16.6 Å². The molecule has 0 saturated carbocycles. The molecular formula is C16H11F2N. The van der Waals surface area contributed by atoms with Crippen LogP contribution in [0.3, 0.4) is 0 Å². The van der Waals surface area contributed by atoms with Gasteiger partial charge in [-0.1, -0.05) is 30.3 Å². The number of nitrogen functional groups attached to an aromatic ring is 1. The van der Waals surface area contributed by atoms with E-state index < -0.39 is 0 Å². The molecule has 1 nitrogen and oxygen atoms in total. The van der Waals surface area contributed by atoms with Crippen LogP contribution in [0.25, 0.3) is 21.9 Å². The average molecular weight is 255 g/mol. The standard InChI is InChI=1S/C16H11F2N/c17-10-5-8-16(19)14(9-10)12-6-7-15(18)13-4-2-1-3-11(12)13/h1-9H,19H2. The van der Waals surface area contributed by atoms with Crippen molar-refractivity contribution in [1.82, 2.24) is 0 Å². The number of hydrogen-bond donors (Lipinski definition) is 1. The monoisotopic (exact) mass is 255 g/mol. The molecule has 0 aliphatic heterocycles. The summed E-state index contributed by atoms with van der Waals surface area (Å²) < 4.78 is 27.1. The van der Waals surface area contributed by atoms with E-state index in [1.807, 2.05) is 6.07 Å². The quantitative estimate of drug-likeness (QED) is 0.642. The summed E-state index contributed by atoms with van der Waals surface area (Å²) in [5, 5.41) is 1.23. The van der Waals surface area contributed by atoms with Crippen LogP contribution >= 0.6 is 0 Å². The van der Waals surface area contributed by atoms with Crippen LogP contribution in [0.15, 0.2) is 54.6 Å². The summed E-state index contributed by atoms with van der Waals surface area (Å²) in [6, 6.07) is 14.3. The number of fused-ring (bicyclic) bond motifs is 1. The first kappa shape index (κ1) is 11.7. The van der Waals surface area contributed by atoms with E-state index in [4.69, 9.17) is 5.73 Å². The lowest BCUT2D eigenvalue weighted by Gasteiger charge is -2.10. The van der Waals surface area contributed by atoms with E-state index >= 15 is 0 Å². The van der Waals surface area contributed by atoms with Crippen molar-refractivity contribution in [3.63, 3.8) is 0 Å². The number of benzene rings is 3. The fourth-order valence-corrected chi connectivity index (χ4v) is 2.26. The third-order valence-electron chi connectivity index (χ3n) is 3.18. The minimum atomic E-state index is -0.363. The van der Waals surface area contributed by atoms with Gasteiger partial charge < -0.3 is 5.73 Å². The maximum Gasteiger partial charge on any atom is 0.131 e. The van der Waals surface area contributed by atoms with Crippen LogP contribution in [-0.4, -0.2) is 0 Å². The molecule has 0 radical (unpaired) electrons. The summed E-state index contributed by atoms with van der Waals surface area (Å²) >= 11 is 0. The van der Waals surface area contributed by atoms with E-state index in [1.165, 1.54) is 24.3 Å². The highest BCUT2D eigenvalue weighted by molar-refractivity contribution is 5.99. The van der Waals surface area contributed by atoms with Gasteiger partial charge in [0.1, 0.15) is 11.6 Å². The molecule has 0 bridgehead atoms. The highest BCUT2D eigenvalue weighted by Crippen LogP contribution is 2.33. The van der Waals surface area contributed by atoms with Gasteiger partial charge in [0.2, 0.25) is 0 Å². The SMILES string of the molecule is Nc1ccc(F)cc1-c1ccc(F)c2ccccc12. The minimum Gasteiger partial charge on any atom is -0.398 e. The van der Waals surface area contributed by atoms with E-state index in [-0.39, 0.29) is 11.6 Å². The third-order valence-corrected chi connectivity index (χ3v) is 3.18. The van der Waals surface area contributed by atoms with Crippen molar-refractivity contribution in [2.45, 2.75) is 0 Å². The molecule has 0 heterocycles. The first-order chi connectivity index (χ1) is 9.16. The minimum absolute atomic E-state index is 0.297. The Hall–Kier alpha value is -2.42. The Balaban J connectivity index is 2.37.